The lowest BCUT2D eigenvalue weighted by molar-refractivity contribution is -0.123. The van der Waals surface area contributed by atoms with Crippen molar-refractivity contribution in [2.75, 3.05) is 18.4 Å². The van der Waals surface area contributed by atoms with Gasteiger partial charge in [0.1, 0.15) is 6.04 Å². The molecule has 0 aliphatic carbocycles. The summed E-state index contributed by atoms with van der Waals surface area (Å²) in [4.78, 5) is 20.8. The van der Waals surface area contributed by atoms with Crippen LogP contribution in [0.3, 0.4) is 0 Å². The molecular formula is C18H19N5O. The second-order valence-corrected chi connectivity index (χ2v) is 5.23. The number of aromatic nitrogens is 3. The molecule has 0 fully saturated rings. The Kier molecular flexibility index (Phi) is 5.19. The molecular weight excluding hydrogens is 302 g/mol. The van der Waals surface area contributed by atoms with Gasteiger partial charge in [-0.05, 0) is 23.8 Å². The molecule has 1 amide bonds. The van der Waals surface area contributed by atoms with E-state index in [9.17, 15) is 4.79 Å². The van der Waals surface area contributed by atoms with Crippen molar-refractivity contribution in [2.24, 2.45) is 0 Å². The third-order valence-corrected chi connectivity index (χ3v) is 3.56. The minimum atomic E-state index is -0.380. The molecule has 2 heterocycles. The SMILES string of the molecule is O=C(NCCNc1ncccn1)[C@H](c1ccccc1)n1cccc1. The first-order valence-electron chi connectivity index (χ1n) is 7.80. The van der Waals surface area contributed by atoms with Crippen LogP contribution in [0.2, 0.25) is 0 Å². The summed E-state index contributed by atoms with van der Waals surface area (Å²) in [6, 6.07) is 14.9. The average molecular weight is 321 g/mol. The molecule has 1 aromatic carbocycles. The van der Waals surface area contributed by atoms with Gasteiger partial charge in [-0.25, -0.2) is 9.97 Å². The molecule has 3 aromatic rings. The van der Waals surface area contributed by atoms with Gasteiger partial charge in [0.15, 0.2) is 0 Å². The van der Waals surface area contributed by atoms with Gasteiger partial charge in [0, 0.05) is 37.9 Å². The maximum absolute atomic E-state index is 12.7. The van der Waals surface area contributed by atoms with Gasteiger partial charge in [-0.3, -0.25) is 4.79 Å². The fraction of sp³-hybridized carbons (Fsp3) is 0.167. The molecule has 2 N–H and O–H groups in total. The first-order chi connectivity index (χ1) is 11.8. The Bertz CT molecular complexity index is 744. The van der Waals surface area contributed by atoms with Crippen molar-refractivity contribution in [3.8, 4) is 0 Å². The second kappa shape index (κ2) is 7.92. The number of nitrogens with zero attached hydrogens (tertiary/aromatic N) is 3. The number of carbonyl (C=O) groups excluding carboxylic acids is 1. The van der Waals surface area contributed by atoms with Gasteiger partial charge in [-0.2, -0.15) is 0 Å². The van der Waals surface area contributed by atoms with Crippen molar-refractivity contribution in [1.29, 1.82) is 0 Å². The maximum atomic E-state index is 12.7. The van der Waals surface area contributed by atoms with E-state index >= 15 is 0 Å². The van der Waals surface area contributed by atoms with E-state index in [-0.39, 0.29) is 11.9 Å². The molecule has 0 bridgehead atoms. The molecule has 24 heavy (non-hydrogen) atoms. The van der Waals surface area contributed by atoms with E-state index in [2.05, 4.69) is 20.6 Å². The Morgan fingerprint density at radius 2 is 1.67 bits per heavy atom. The quantitative estimate of drug-likeness (QED) is 0.654. The van der Waals surface area contributed by atoms with Crippen LogP contribution in [0.1, 0.15) is 11.6 Å². The van der Waals surface area contributed by atoms with Crippen LogP contribution in [0.5, 0.6) is 0 Å². The topological polar surface area (TPSA) is 71.8 Å². The monoisotopic (exact) mass is 321 g/mol. The van der Waals surface area contributed by atoms with Gasteiger partial charge < -0.3 is 15.2 Å². The fourth-order valence-electron chi connectivity index (χ4n) is 2.46. The summed E-state index contributed by atoms with van der Waals surface area (Å²) in [6.45, 7) is 1.05. The van der Waals surface area contributed by atoms with Crippen LogP contribution < -0.4 is 10.6 Å². The lowest BCUT2D eigenvalue weighted by Gasteiger charge is -2.19. The van der Waals surface area contributed by atoms with Crippen molar-refractivity contribution in [3.63, 3.8) is 0 Å². The van der Waals surface area contributed by atoms with Crippen molar-refractivity contribution in [2.45, 2.75) is 6.04 Å². The Morgan fingerprint density at radius 3 is 2.38 bits per heavy atom. The normalized spacial score (nSPS) is 11.7. The van der Waals surface area contributed by atoms with E-state index in [4.69, 9.17) is 0 Å². The van der Waals surface area contributed by atoms with Crippen LogP contribution in [0.25, 0.3) is 0 Å². The van der Waals surface area contributed by atoms with Gasteiger partial charge in [0.2, 0.25) is 11.9 Å². The predicted molar refractivity (Wildman–Crippen MR) is 92.5 cm³/mol. The Labute approximate surface area is 140 Å². The van der Waals surface area contributed by atoms with E-state index in [1.807, 2.05) is 59.4 Å². The highest BCUT2D eigenvalue weighted by molar-refractivity contribution is 5.83. The Balaban J connectivity index is 1.60. The molecule has 0 saturated heterocycles. The van der Waals surface area contributed by atoms with Gasteiger partial charge in [0.05, 0.1) is 0 Å². The first-order valence-corrected chi connectivity index (χ1v) is 7.80. The van der Waals surface area contributed by atoms with Crippen molar-refractivity contribution >= 4 is 11.9 Å². The molecule has 3 rings (SSSR count). The number of amides is 1. The molecule has 0 spiro atoms. The Morgan fingerprint density at radius 1 is 0.958 bits per heavy atom. The highest BCUT2D eigenvalue weighted by atomic mass is 16.2. The maximum Gasteiger partial charge on any atom is 0.247 e. The molecule has 0 saturated carbocycles. The summed E-state index contributed by atoms with van der Waals surface area (Å²) < 4.78 is 1.90. The lowest BCUT2D eigenvalue weighted by Crippen LogP contribution is -2.35. The number of carbonyl (C=O) groups is 1. The van der Waals surface area contributed by atoms with E-state index in [1.54, 1.807) is 18.5 Å². The van der Waals surface area contributed by atoms with Crippen molar-refractivity contribution in [1.82, 2.24) is 19.9 Å². The summed E-state index contributed by atoms with van der Waals surface area (Å²) in [7, 11) is 0. The van der Waals surface area contributed by atoms with Crippen LogP contribution in [0.4, 0.5) is 5.95 Å². The van der Waals surface area contributed by atoms with Crippen molar-refractivity contribution in [3.05, 3.63) is 78.9 Å². The van der Waals surface area contributed by atoms with E-state index < -0.39 is 0 Å². The van der Waals surface area contributed by atoms with Crippen LogP contribution in [-0.4, -0.2) is 33.5 Å². The summed E-state index contributed by atoms with van der Waals surface area (Å²) >= 11 is 0. The lowest BCUT2D eigenvalue weighted by atomic mass is 10.1. The highest BCUT2D eigenvalue weighted by Crippen LogP contribution is 2.18. The largest absolute Gasteiger partial charge is 0.352 e. The minimum Gasteiger partial charge on any atom is -0.352 e. The standard InChI is InChI=1S/C18H19N5O/c24-17(19-11-12-22-18-20-9-6-10-21-18)16(23-13-4-5-14-23)15-7-2-1-3-8-15/h1-10,13-14,16H,11-12H2,(H,19,24)(H,20,21,22)/t16-/m0/s1. The van der Waals surface area contributed by atoms with Gasteiger partial charge in [-0.1, -0.05) is 30.3 Å². The molecule has 6 nitrogen and oxygen atoms in total. The van der Waals surface area contributed by atoms with Gasteiger partial charge in [-0.15, -0.1) is 0 Å². The zero-order chi connectivity index (χ0) is 16.6. The summed E-state index contributed by atoms with van der Waals surface area (Å²) in [5, 5.41) is 6.03. The first kappa shape index (κ1) is 15.7. The van der Waals surface area contributed by atoms with E-state index in [1.165, 1.54) is 0 Å². The smallest absolute Gasteiger partial charge is 0.247 e. The second-order valence-electron chi connectivity index (χ2n) is 5.23. The zero-order valence-electron chi connectivity index (χ0n) is 13.2. The number of rotatable bonds is 7. The summed E-state index contributed by atoms with van der Waals surface area (Å²) in [6.07, 6.45) is 7.14. The molecule has 1 atom stereocenters. The minimum absolute atomic E-state index is 0.0480. The molecule has 0 unspecified atom stereocenters. The third kappa shape index (κ3) is 3.98. The predicted octanol–water partition coefficient (Wildman–Crippen LogP) is 2.10. The molecule has 2 aromatic heterocycles. The van der Waals surface area contributed by atoms with Crippen LogP contribution >= 0.6 is 0 Å². The Hall–Kier alpha value is -3.15. The highest BCUT2D eigenvalue weighted by Gasteiger charge is 2.21. The number of nitrogens with one attached hydrogen (secondary N) is 2. The van der Waals surface area contributed by atoms with E-state index in [0.29, 0.717) is 19.0 Å². The number of hydrogen-bond acceptors (Lipinski definition) is 4. The van der Waals surface area contributed by atoms with Crippen molar-refractivity contribution < 1.29 is 4.79 Å². The van der Waals surface area contributed by atoms with Crippen LogP contribution in [0.15, 0.2) is 73.3 Å². The van der Waals surface area contributed by atoms with Gasteiger partial charge >= 0.3 is 0 Å². The number of anilines is 1. The molecule has 0 aliphatic rings. The average Bonchev–Trinajstić information content (AvgIpc) is 3.15. The number of hydrogen-bond donors (Lipinski definition) is 2. The fourth-order valence-corrected chi connectivity index (χ4v) is 2.46. The van der Waals surface area contributed by atoms with E-state index in [0.717, 1.165) is 5.56 Å². The molecule has 0 aliphatic heterocycles. The van der Waals surface area contributed by atoms with Gasteiger partial charge in [0.25, 0.3) is 0 Å². The third-order valence-electron chi connectivity index (χ3n) is 3.56. The molecule has 122 valence electrons. The zero-order valence-corrected chi connectivity index (χ0v) is 13.2. The molecule has 6 heteroatoms. The van der Waals surface area contributed by atoms with Crippen LogP contribution in [-0.2, 0) is 4.79 Å². The number of benzene rings is 1. The summed E-state index contributed by atoms with van der Waals surface area (Å²) in [5.41, 5.74) is 0.950. The van der Waals surface area contributed by atoms with Crippen LogP contribution in [0, 0.1) is 0 Å². The molecule has 0 radical (unpaired) electrons. The summed E-state index contributed by atoms with van der Waals surface area (Å²) in [5.74, 6) is 0.505.